The molecule has 1 aromatic carbocycles. The van der Waals surface area contributed by atoms with Crippen molar-refractivity contribution in [3.63, 3.8) is 0 Å². The third-order valence-corrected chi connectivity index (χ3v) is 5.32. The summed E-state index contributed by atoms with van der Waals surface area (Å²) >= 11 is 0. The second kappa shape index (κ2) is 4.07. The SMILES string of the molecule is Cc1ccc(C)c(C2(C3(CN)CCC3)COC2)c1. The Balaban J connectivity index is 2.08. The van der Waals surface area contributed by atoms with Crippen LogP contribution in [0.25, 0.3) is 0 Å². The Hall–Kier alpha value is -0.860. The Morgan fingerprint density at radius 3 is 2.39 bits per heavy atom. The lowest BCUT2D eigenvalue weighted by atomic mass is 9.49. The summed E-state index contributed by atoms with van der Waals surface area (Å²) in [5.74, 6) is 0. The van der Waals surface area contributed by atoms with E-state index >= 15 is 0 Å². The molecule has 1 aliphatic heterocycles. The molecule has 0 aromatic heterocycles. The van der Waals surface area contributed by atoms with Crippen molar-refractivity contribution in [3.05, 3.63) is 34.9 Å². The fourth-order valence-electron chi connectivity index (χ4n) is 3.79. The highest BCUT2D eigenvalue weighted by Gasteiger charge is 2.59. The summed E-state index contributed by atoms with van der Waals surface area (Å²) in [5.41, 5.74) is 10.8. The van der Waals surface area contributed by atoms with E-state index in [9.17, 15) is 0 Å². The standard InChI is InChI=1S/C16H23NO/c1-12-4-5-13(2)14(8-12)16(10-18-11-16)15(9-17)6-3-7-15/h4-5,8H,3,6-7,9-11,17H2,1-2H3. The number of hydrogen-bond acceptors (Lipinski definition) is 2. The summed E-state index contributed by atoms with van der Waals surface area (Å²) in [6.45, 7) is 6.90. The summed E-state index contributed by atoms with van der Waals surface area (Å²) in [6.07, 6.45) is 3.85. The Kier molecular flexibility index (Phi) is 2.76. The summed E-state index contributed by atoms with van der Waals surface area (Å²) in [7, 11) is 0. The van der Waals surface area contributed by atoms with Crippen LogP contribution in [0.3, 0.4) is 0 Å². The zero-order valence-electron chi connectivity index (χ0n) is 11.5. The summed E-state index contributed by atoms with van der Waals surface area (Å²) in [6, 6.07) is 6.79. The molecule has 1 saturated heterocycles. The van der Waals surface area contributed by atoms with Crippen LogP contribution in [0, 0.1) is 19.3 Å². The van der Waals surface area contributed by atoms with Gasteiger partial charge in [0.2, 0.25) is 0 Å². The number of nitrogens with two attached hydrogens (primary N) is 1. The van der Waals surface area contributed by atoms with Gasteiger partial charge in [-0.1, -0.05) is 30.2 Å². The molecule has 1 aromatic rings. The molecule has 2 heteroatoms. The van der Waals surface area contributed by atoms with Gasteiger partial charge in [0.15, 0.2) is 0 Å². The van der Waals surface area contributed by atoms with Gasteiger partial charge in [-0.2, -0.15) is 0 Å². The lowest BCUT2D eigenvalue weighted by molar-refractivity contribution is -0.154. The third kappa shape index (κ3) is 1.42. The highest BCUT2D eigenvalue weighted by molar-refractivity contribution is 5.41. The Morgan fingerprint density at radius 2 is 1.94 bits per heavy atom. The number of benzene rings is 1. The van der Waals surface area contributed by atoms with Crippen LogP contribution in [-0.2, 0) is 10.2 Å². The van der Waals surface area contributed by atoms with Gasteiger partial charge in [-0.3, -0.25) is 0 Å². The van der Waals surface area contributed by atoms with E-state index in [1.807, 2.05) is 0 Å². The number of aryl methyl sites for hydroxylation is 2. The zero-order chi connectivity index (χ0) is 12.8. The van der Waals surface area contributed by atoms with Gasteiger partial charge in [0, 0.05) is 5.41 Å². The molecule has 2 N–H and O–H groups in total. The second-order valence-electron chi connectivity index (χ2n) is 6.23. The summed E-state index contributed by atoms with van der Waals surface area (Å²) in [4.78, 5) is 0. The smallest absolute Gasteiger partial charge is 0.0591 e. The molecule has 0 bridgehead atoms. The normalized spacial score (nSPS) is 24.2. The Bertz CT molecular complexity index is 453. The highest BCUT2D eigenvalue weighted by Crippen LogP contribution is 2.58. The van der Waals surface area contributed by atoms with E-state index < -0.39 is 0 Å². The first-order chi connectivity index (χ1) is 8.63. The fraction of sp³-hybridized carbons (Fsp3) is 0.625. The van der Waals surface area contributed by atoms with Crippen molar-refractivity contribution >= 4 is 0 Å². The zero-order valence-corrected chi connectivity index (χ0v) is 11.5. The van der Waals surface area contributed by atoms with Crippen molar-refractivity contribution in [1.29, 1.82) is 0 Å². The van der Waals surface area contributed by atoms with Gasteiger partial charge in [0.1, 0.15) is 0 Å². The molecule has 2 nitrogen and oxygen atoms in total. The van der Waals surface area contributed by atoms with E-state index in [0.717, 1.165) is 19.8 Å². The minimum absolute atomic E-state index is 0.191. The first kappa shape index (κ1) is 12.2. The lowest BCUT2D eigenvalue weighted by Gasteiger charge is -2.60. The third-order valence-electron chi connectivity index (χ3n) is 5.32. The molecule has 2 fully saturated rings. The molecule has 1 aliphatic carbocycles. The first-order valence-electron chi connectivity index (χ1n) is 6.99. The maximum absolute atomic E-state index is 6.13. The summed E-state index contributed by atoms with van der Waals surface area (Å²) < 4.78 is 5.62. The largest absolute Gasteiger partial charge is 0.379 e. The van der Waals surface area contributed by atoms with Gasteiger partial charge in [-0.05, 0) is 49.8 Å². The van der Waals surface area contributed by atoms with Crippen LogP contribution < -0.4 is 5.73 Å². The van der Waals surface area contributed by atoms with Crippen molar-refractivity contribution in [2.45, 2.75) is 38.5 Å². The van der Waals surface area contributed by atoms with Crippen LogP contribution in [0.2, 0.25) is 0 Å². The van der Waals surface area contributed by atoms with E-state index in [0.29, 0.717) is 5.41 Å². The topological polar surface area (TPSA) is 35.2 Å². The molecule has 18 heavy (non-hydrogen) atoms. The van der Waals surface area contributed by atoms with Crippen LogP contribution in [0.5, 0.6) is 0 Å². The van der Waals surface area contributed by atoms with Crippen LogP contribution >= 0.6 is 0 Å². The van der Waals surface area contributed by atoms with E-state index in [4.69, 9.17) is 10.5 Å². The minimum Gasteiger partial charge on any atom is -0.379 e. The van der Waals surface area contributed by atoms with Gasteiger partial charge < -0.3 is 10.5 Å². The molecular formula is C16H23NO. The van der Waals surface area contributed by atoms with Crippen molar-refractivity contribution in [2.24, 2.45) is 11.1 Å². The van der Waals surface area contributed by atoms with E-state index in [2.05, 4.69) is 32.0 Å². The van der Waals surface area contributed by atoms with Gasteiger partial charge in [0.05, 0.1) is 13.2 Å². The molecule has 0 amide bonds. The highest BCUT2D eigenvalue weighted by atomic mass is 16.5. The molecule has 0 atom stereocenters. The van der Waals surface area contributed by atoms with Crippen LogP contribution in [0.4, 0.5) is 0 Å². The fourth-order valence-corrected chi connectivity index (χ4v) is 3.79. The van der Waals surface area contributed by atoms with Crippen molar-refractivity contribution in [2.75, 3.05) is 19.8 Å². The van der Waals surface area contributed by atoms with E-state index in [-0.39, 0.29) is 5.41 Å². The molecule has 1 heterocycles. The van der Waals surface area contributed by atoms with Gasteiger partial charge in [-0.15, -0.1) is 0 Å². The molecule has 2 aliphatic rings. The average Bonchev–Trinajstić information content (AvgIpc) is 2.25. The molecule has 0 spiro atoms. The van der Waals surface area contributed by atoms with Gasteiger partial charge >= 0.3 is 0 Å². The Morgan fingerprint density at radius 1 is 1.22 bits per heavy atom. The first-order valence-corrected chi connectivity index (χ1v) is 6.99. The van der Waals surface area contributed by atoms with Crippen LogP contribution in [0.15, 0.2) is 18.2 Å². The molecular weight excluding hydrogens is 222 g/mol. The number of ether oxygens (including phenoxy) is 1. The molecule has 3 rings (SSSR count). The lowest BCUT2D eigenvalue weighted by Crippen LogP contribution is -2.64. The minimum atomic E-state index is 0.191. The van der Waals surface area contributed by atoms with Crippen molar-refractivity contribution < 1.29 is 4.74 Å². The molecule has 0 radical (unpaired) electrons. The van der Waals surface area contributed by atoms with E-state index in [1.165, 1.54) is 36.0 Å². The molecule has 0 unspecified atom stereocenters. The molecule has 98 valence electrons. The number of rotatable bonds is 3. The maximum Gasteiger partial charge on any atom is 0.0591 e. The monoisotopic (exact) mass is 245 g/mol. The van der Waals surface area contributed by atoms with Crippen LogP contribution in [0.1, 0.15) is 36.0 Å². The van der Waals surface area contributed by atoms with Crippen molar-refractivity contribution in [1.82, 2.24) is 0 Å². The van der Waals surface area contributed by atoms with Gasteiger partial charge in [0.25, 0.3) is 0 Å². The van der Waals surface area contributed by atoms with Gasteiger partial charge in [-0.25, -0.2) is 0 Å². The quantitative estimate of drug-likeness (QED) is 0.888. The molecule has 1 saturated carbocycles. The maximum atomic E-state index is 6.13. The second-order valence-corrected chi connectivity index (χ2v) is 6.23. The average molecular weight is 245 g/mol. The predicted molar refractivity (Wildman–Crippen MR) is 73.8 cm³/mol. The summed E-state index contributed by atoms with van der Waals surface area (Å²) in [5, 5.41) is 0. The Labute approximate surface area is 110 Å². The van der Waals surface area contributed by atoms with Crippen LogP contribution in [-0.4, -0.2) is 19.8 Å². The van der Waals surface area contributed by atoms with Crippen molar-refractivity contribution in [3.8, 4) is 0 Å². The predicted octanol–water partition coefficient (Wildman–Crippen LogP) is 2.70. The van der Waals surface area contributed by atoms with E-state index in [1.54, 1.807) is 0 Å². The number of hydrogen-bond donors (Lipinski definition) is 1.